The van der Waals surface area contributed by atoms with Crippen LogP contribution in [0.25, 0.3) is 0 Å². The van der Waals surface area contributed by atoms with Gasteiger partial charge in [0.15, 0.2) is 0 Å². The van der Waals surface area contributed by atoms with E-state index in [1.807, 2.05) is 4.90 Å². The molecule has 1 unspecified atom stereocenters. The van der Waals surface area contributed by atoms with E-state index >= 15 is 0 Å². The lowest BCUT2D eigenvalue weighted by molar-refractivity contribution is -0.138. The molecule has 0 aromatic rings. The molecule has 20 heavy (non-hydrogen) atoms. The van der Waals surface area contributed by atoms with Crippen molar-refractivity contribution in [1.29, 1.82) is 0 Å². The third-order valence-electron chi connectivity index (χ3n) is 3.61. The van der Waals surface area contributed by atoms with Gasteiger partial charge >= 0.3 is 12.0 Å². The maximum Gasteiger partial charge on any atom is 0.321 e. The van der Waals surface area contributed by atoms with E-state index in [-0.39, 0.29) is 24.3 Å². The minimum atomic E-state index is -0.773. The van der Waals surface area contributed by atoms with Gasteiger partial charge in [0.2, 0.25) is 5.91 Å². The first-order valence-corrected chi connectivity index (χ1v) is 6.98. The molecule has 0 spiro atoms. The molecule has 3 amide bonds. The summed E-state index contributed by atoms with van der Waals surface area (Å²) in [4.78, 5) is 35.8. The number of nitrogens with one attached hydrogen (secondary N) is 2. The van der Waals surface area contributed by atoms with Crippen molar-refractivity contribution in [2.24, 2.45) is 5.92 Å². The van der Waals surface area contributed by atoms with Crippen LogP contribution >= 0.6 is 0 Å². The highest BCUT2D eigenvalue weighted by Crippen LogP contribution is 2.21. The van der Waals surface area contributed by atoms with Gasteiger partial charge in [0, 0.05) is 13.0 Å². The Labute approximate surface area is 118 Å². The van der Waals surface area contributed by atoms with E-state index < -0.39 is 12.0 Å². The minimum absolute atomic E-state index is 0.183. The SMILES string of the molecule is CCNC(=O)NC(=O)C(C)N1CCC(CC(=O)O)CC1. The number of imide groups is 1. The molecule has 1 saturated heterocycles. The van der Waals surface area contributed by atoms with Crippen LogP contribution in [0.15, 0.2) is 0 Å². The normalized spacial score (nSPS) is 18.3. The third-order valence-corrected chi connectivity index (χ3v) is 3.61. The second-order valence-corrected chi connectivity index (χ2v) is 5.10. The largest absolute Gasteiger partial charge is 0.481 e. The summed E-state index contributed by atoms with van der Waals surface area (Å²) in [6.07, 6.45) is 1.73. The van der Waals surface area contributed by atoms with E-state index in [0.717, 1.165) is 12.8 Å². The molecule has 0 bridgehead atoms. The van der Waals surface area contributed by atoms with Crippen molar-refractivity contribution in [1.82, 2.24) is 15.5 Å². The summed E-state index contributed by atoms with van der Waals surface area (Å²) in [6.45, 7) is 5.37. The fraction of sp³-hybridized carbons (Fsp3) is 0.769. The predicted molar refractivity (Wildman–Crippen MR) is 73.2 cm³/mol. The smallest absolute Gasteiger partial charge is 0.321 e. The van der Waals surface area contributed by atoms with Gasteiger partial charge in [0.05, 0.1) is 6.04 Å². The first-order valence-electron chi connectivity index (χ1n) is 6.98. The fourth-order valence-electron chi connectivity index (χ4n) is 2.38. The number of aliphatic carboxylic acids is 1. The Kier molecular flexibility index (Phi) is 6.44. The van der Waals surface area contributed by atoms with Gasteiger partial charge in [-0.1, -0.05) is 0 Å². The molecular formula is C13H23N3O4. The topological polar surface area (TPSA) is 98.7 Å². The quantitative estimate of drug-likeness (QED) is 0.679. The molecular weight excluding hydrogens is 262 g/mol. The van der Waals surface area contributed by atoms with Crippen molar-refractivity contribution in [3.05, 3.63) is 0 Å². The number of carbonyl (C=O) groups is 3. The third kappa shape index (κ3) is 5.16. The number of likely N-dealkylation sites (tertiary alicyclic amines) is 1. The van der Waals surface area contributed by atoms with Crippen LogP contribution in [0.1, 0.15) is 33.1 Å². The Hall–Kier alpha value is -1.63. The van der Waals surface area contributed by atoms with Crippen LogP contribution in [-0.4, -0.2) is 53.6 Å². The van der Waals surface area contributed by atoms with Crippen molar-refractivity contribution >= 4 is 17.9 Å². The first kappa shape index (κ1) is 16.4. The van der Waals surface area contributed by atoms with Crippen LogP contribution < -0.4 is 10.6 Å². The van der Waals surface area contributed by atoms with Crippen molar-refractivity contribution in [3.63, 3.8) is 0 Å². The molecule has 114 valence electrons. The molecule has 1 atom stereocenters. The molecule has 1 aliphatic rings. The zero-order valence-corrected chi connectivity index (χ0v) is 12.0. The van der Waals surface area contributed by atoms with Gasteiger partial charge in [-0.15, -0.1) is 0 Å². The van der Waals surface area contributed by atoms with Crippen molar-refractivity contribution in [2.45, 2.75) is 39.2 Å². The highest BCUT2D eigenvalue weighted by atomic mass is 16.4. The van der Waals surface area contributed by atoms with E-state index in [2.05, 4.69) is 10.6 Å². The molecule has 0 aromatic carbocycles. The average molecular weight is 285 g/mol. The molecule has 0 saturated carbocycles. The Morgan fingerprint density at radius 2 is 1.90 bits per heavy atom. The van der Waals surface area contributed by atoms with Crippen molar-refractivity contribution < 1.29 is 19.5 Å². The van der Waals surface area contributed by atoms with E-state index in [1.165, 1.54) is 0 Å². The van der Waals surface area contributed by atoms with Gasteiger partial charge in [-0.2, -0.15) is 0 Å². The molecule has 1 fully saturated rings. The standard InChI is InChI=1S/C13H23N3O4/c1-3-14-13(20)15-12(19)9(2)16-6-4-10(5-7-16)8-11(17)18/h9-10H,3-8H2,1-2H3,(H,17,18)(H2,14,15,19,20). The maximum atomic E-state index is 11.9. The average Bonchev–Trinajstić information content (AvgIpc) is 2.38. The number of hydrogen-bond acceptors (Lipinski definition) is 4. The maximum absolute atomic E-state index is 11.9. The second kappa shape index (κ2) is 7.84. The fourth-order valence-corrected chi connectivity index (χ4v) is 2.38. The minimum Gasteiger partial charge on any atom is -0.481 e. The number of rotatable bonds is 5. The van der Waals surface area contributed by atoms with Gasteiger partial charge in [-0.3, -0.25) is 19.8 Å². The van der Waals surface area contributed by atoms with Crippen LogP contribution in [-0.2, 0) is 9.59 Å². The molecule has 0 aromatic heterocycles. The van der Waals surface area contributed by atoms with E-state index in [9.17, 15) is 14.4 Å². The summed E-state index contributed by atoms with van der Waals surface area (Å²) < 4.78 is 0. The Balaban J connectivity index is 2.38. The Bertz CT molecular complexity index is 365. The molecule has 1 aliphatic heterocycles. The molecule has 0 aliphatic carbocycles. The number of carboxylic acids is 1. The Morgan fingerprint density at radius 3 is 2.40 bits per heavy atom. The van der Waals surface area contributed by atoms with E-state index in [0.29, 0.717) is 19.6 Å². The van der Waals surface area contributed by atoms with Crippen LogP contribution in [0.2, 0.25) is 0 Å². The lowest BCUT2D eigenvalue weighted by Crippen LogP contribution is -2.51. The molecule has 1 heterocycles. The van der Waals surface area contributed by atoms with Crippen LogP contribution in [0.4, 0.5) is 4.79 Å². The molecule has 1 rings (SSSR count). The second-order valence-electron chi connectivity index (χ2n) is 5.10. The summed E-state index contributed by atoms with van der Waals surface area (Å²) in [5, 5.41) is 13.6. The van der Waals surface area contributed by atoms with Crippen LogP contribution in [0.5, 0.6) is 0 Å². The number of amides is 3. The van der Waals surface area contributed by atoms with Crippen LogP contribution in [0, 0.1) is 5.92 Å². The summed E-state index contributed by atoms with van der Waals surface area (Å²) in [5.41, 5.74) is 0. The molecule has 0 radical (unpaired) electrons. The summed E-state index contributed by atoms with van der Waals surface area (Å²) in [6, 6.07) is -0.867. The number of hydrogen-bond donors (Lipinski definition) is 3. The number of carboxylic acid groups (broad SMARTS) is 1. The van der Waals surface area contributed by atoms with Crippen molar-refractivity contribution in [3.8, 4) is 0 Å². The molecule has 7 heteroatoms. The highest BCUT2D eigenvalue weighted by Gasteiger charge is 2.28. The monoisotopic (exact) mass is 285 g/mol. The number of nitrogens with zero attached hydrogens (tertiary/aromatic N) is 1. The van der Waals surface area contributed by atoms with E-state index in [4.69, 9.17) is 5.11 Å². The first-order chi connectivity index (χ1) is 9.43. The van der Waals surface area contributed by atoms with Crippen molar-refractivity contribution in [2.75, 3.05) is 19.6 Å². The van der Waals surface area contributed by atoms with Gasteiger partial charge < -0.3 is 10.4 Å². The molecule has 3 N–H and O–H groups in total. The Morgan fingerprint density at radius 1 is 1.30 bits per heavy atom. The lowest BCUT2D eigenvalue weighted by Gasteiger charge is -2.34. The van der Waals surface area contributed by atoms with Gasteiger partial charge in [0.25, 0.3) is 0 Å². The predicted octanol–water partition coefficient (Wildman–Crippen LogP) is 0.407. The lowest BCUT2D eigenvalue weighted by atomic mass is 9.93. The van der Waals surface area contributed by atoms with Gasteiger partial charge in [-0.05, 0) is 45.7 Å². The number of urea groups is 1. The van der Waals surface area contributed by atoms with Gasteiger partial charge in [0.1, 0.15) is 0 Å². The zero-order valence-electron chi connectivity index (χ0n) is 12.0. The van der Waals surface area contributed by atoms with Gasteiger partial charge in [-0.25, -0.2) is 4.79 Å². The number of carbonyl (C=O) groups excluding carboxylic acids is 2. The zero-order chi connectivity index (χ0) is 15.1. The van der Waals surface area contributed by atoms with Crippen LogP contribution in [0.3, 0.4) is 0 Å². The summed E-state index contributed by atoms with van der Waals surface area (Å²) >= 11 is 0. The summed E-state index contributed by atoms with van der Waals surface area (Å²) in [5.74, 6) is -0.916. The molecule has 7 nitrogen and oxygen atoms in total. The number of piperidine rings is 1. The summed E-state index contributed by atoms with van der Waals surface area (Å²) in [7, 11) is 0. The highest BCUT2D eigenvalue weighted by molar-refractivity contribution is 5.96. The van der Waals surface area contributed by atoms with E-state index in [1.54, 1.807) is 13.8 Å².